The fraction of sp³-hybridized carbons (Fsp3) is 0.519. The van der Waals surface area contributed by atoms with E-state index in [2.05, 4.69) is 32.0 Å². The summed E-state index contributed by atoms with van der Waals surface area (Å²) in [6, 6.07) is 7.67. The third-order valence-corrected chi connectivity index (χ3v) is 6.92. The van der Waals surface area contributed by atoms with E-state index in [4.69, 9.17) is 9.47 Å². The van der Waals surface area contributed by atoms with E-state index in [1.807, 2.05) is 6.92 Å². The van der Waals surface area contributed by atoms with Crippen LogP contribution in [0.5, 0.6) is 11.5 Å². The lowest BCUT2D eigenvalue weighted by molar-refractivity contribution is -0.608. The average Bonchev–Trinajstić information content (AvgIpc) is 3.30. The van der Waals surface area contributed by atoms with Crippen molar-refractivity contribution in [1.82, 2.24) is 0 Å². The quantitative estimate of drug-likeness (QED) is 0.246. The molecule has 1 aromatic heterocycles. The van der Waals surface area contributed by atoms with E-state index in [1.165, 1.54) is 42.7 Å². The molecule has 7 nitrogen and oxygen atoms in total. The van der Waals surface area contributed by atoms with E-state index >= 15 is 0 Å². The van der Waals surface area contributed by atoms with Gasteiger partial charge in [0.05, 0.1) is 13.0 Å². The fourth-order valence-electron chi connectivity index (χ4n) is 5.17. The molecule has 1 aromatic carbocycles. The van der Waals surface area contributed by atoms with Gasteiger partial charge in [-0.3, -0.25) is 9.59 Å². The van der Waals surface area contributed by atoms with Crippen LogP contribution in [0.1, 0.15) is 79.0 Å². The molecule has 1 aliphatic rings. The number of rotatable bonds is 9. The molecule has 0 radical (unpaired) electrons. The summed E-state index contributed by atoms with van der Waals surface area (Å²) >= 11 is 0. The van der Waals surface area contributed by atoms with Crippen molar-refractivity contribution in [2.45, 2.75) is 71.8 Å². The SMILES string of the molecule is COc1cc[n+]([O-])c(C(=O)C[C@@H](C)C(=O)O[C@@H](C)[C@@H](c2ccc(C)cc2C)C2CCCC2)c1O. The molecule has 184 valence electrons. The first-order chi connectivity index (χ1) is 16.1. The van der Waals surface area contributed by atoms with Gasteiger partial charge in [-0.05, 0) is 50.7 Å². The summed E-state index contributed by atoms with van der Waals surface area (Å²) in [7, 11) is 1.33. The zero-order valence-corrected chi connectivity index (χ0v) is 20.7. The van der Waals surface area contributed by atoms with E-state index in [9.17, 15) is 19.9 Å². The molecule has 34 heavy (non-hydrogen) atoms. The third kappa shape index (κ3) is 5.51. The van der Waals surface area contributed by atoms with Crippen LogP contribution in [0.3, 0.4) is 0 Å². The Balaban J connectivity index is 1.74. The van der Waals surface area contributed by atoms with Gasteiger partial charge in [-0.25, -0.2) is 0 Å². The molecular formula is C27H35NO6. The average molecular weight is 470 g/mol. The number of hydrogen-bond donors (Lipinski definition) is 1. The van der Waals surface area contributed by atoms with Gasteiger partial charge < -0.3 is 19.8 Å². The highest BCUT2D eigenvalue weighted by molar-refractivity contribution is 5.98. The van der Waals surface area contributed by atoms with Gasteiger partial charge >= 0.3 is 11.7 Å². The Bertz CT molecular complexity index is 1040. The number of Topliss-reactive ketones (excluding diaryl/α,β-unsaturated/α-hetero) is 1. The van der Waals surface area contributed by atoms with Gasteiger partial charge in [0.15, 0.2) is 11.9 Å². The molecule has 0 spiro atoms. The first kappa shape index (κ1) is 25.5. The number of benzene rings is 1. The molecule has 3 rings (SSSR count). The number of methoxy groups -OCH3 is 1. The van der Waals surface area contributed by atoms with Crippen molar-refractivity contribution in [3.8, 4) is 11.5 Å². The van der Waals surface area contributed by atoms with Crippen molar-refractivity contribution in [2.75, 3.05) is 7.11 Å². The Morgan fingerprint density at radius 2 is 1.85 bits per heavy atom. The molecule has 1 fully saturated rings. The number of hydrogen-bond acceptors (Lipinski definition) is 6. The Hall–Kier alpha value is -3.09. The summed E-state index contributed by atoms with van der Waals surface area (Å²) in [4.78, 5) is 25.7. The van der Waals surface area contributed by atoms with E-state index in [0.717, 1.165) is 19.0 Å². The van der Waals surface area contributed by atoms with Crippen molar-refractivity contribution in [3.05, 3.63) is 58.1 Å². The summed E-state index contributed by atoms with van der Waals surface area (Å²) in [5, 5.41) is 22.3. The molecule has 0 unspecified atom stereocenters. The minimum atomic E-state index is -0.774. The molecule has 0 bridgehead atoms. The second-order valence-corrected chi connectivity index (χ2v) is 9.51. The van der Waals surface area contributed by atoms with Crippen LogP contribution in [0.15, 0.2) is 30.5 Å². The van der Waals surface area contributed by atoms with Crippen molar-refractivity contribution >= 4 is 11.8 Å². The fourth-order valence-corrected chi connectivity index (χ4v) is 5.17. The molecule has 1 saturated carbocycles. The van der Waals surface area contributed by atoms with Crippen LogP contribution >= 0.6 is 0 Å². The lowest BCUT2D eigenvalue weighted by atomic mass is 9.79. The van der Waals surface area contributed by atoms with Crippen molar-refractivity contribution in [2.24, 2.45) is 11.8 Å². The highest BCUT2D eigenvalue weighted by atomic mass is 16.5. The van der Waals surface area contributed by atoms with Crippen LogP contribution in [-0.2, 0) is 9.53 Å². The number of pyridine rings is 1. The minimum Gasteiger partial charge on any atom is -0.618 e. The maximum Gasteiger partial charge on any atom is 0.309 e. The molecule has 0 aliphatic heterocycles. The first-order valence-electron chi connectivity index (χ1n) is 11.9. The summed E-state index contributed by atoms with van der Waals surface area (Å²) < 4.78 is 11.2. The van der Waals surface area contributed by atoms with Crippen molar-refractivity contribution in [1.29, 1.82) is 0 Å². The van der Waals surface area contributed by atoms with Crippen LogP contribution < -0.4 is 9.47 Å². The van der Waals surface area contributed by atoms with Gasteiger partial charge in [-0.2, -0.15) is 4.73 Å². The Morgan fingerprint density at radius 3 is 2.47 bits per heavy atom. The molecule has 2 aromatic rings. The maximum atomic E-state index is 13.0. The van der Waals surface area contributed by atoms with E-state index in [0.29, 0.717) is 5.92 Å². The van der Waals surface area contributed by atoms with Crippen molar-refractivity contribution in [3.63, 3.8) is 0 Å². The van der Waals surface area contributed by atoms with Crippen LogP contribution in [0, 0.1) is 30.9 Å². The van der Waals surface area contributed by atoms with Gasteiger partial charge in [-0.15, -0.1) is 0 Å². The second-order valence-electron chi connectivity index (χ2n) is 9.51. The normalized spacial score (nSPS) is 16.6. The Labute approximate surface area is 201 Å². The monoisotopic (exact) mass is 469 g/mol. The number of ether oxygens (including phenoxy) is 2. The van der Waals surface area contributed by atoms with Crippen LogP contribution in [0.2, 0.25) is 0 Å². The largest absolute Gasteiger partial charge is 0.618 e. The third-order valence-electron chi connectivity index (χ3n) is 6.92. The molecule has 3 atom stereocenters. The predicted octanol–water partition coefficient (Wildman–Crippen LogP) is 4.77. The Morgan fingerprint density at radius 1 is 1.18 bits per heavy atom. The first-order valence-corrected chi connectivity index (χ1v) is 11.9. The van der Waals surface area contributed by atoms with E-state index in [-0.39, 0.29) is 28.9 Å². The molecular weight excluding hydrogens is 434 g/mol. The highest BCUT2D eigenvalue weighted by Crippen LogP contribution is 2.41. The highest BCUT2D eigenvalue weighted by Gasteiger charge is 2.35. The van der Waals surface area contributed by atoms with Crippen LogP contribution in [0.25, 0.3) is 0 Å². The molecule has 7 heteroatoms. The number of ketones is 1. The molecule has 1 N–H and O–H groups in total. The zero-order valence-electron chi connectivity index (χ0n) is 20.7. The molecule has 0 amide bonds. The predicted molar refractivity (Wildman–Crippen MR) is 128 cm³/mol. The number of aryl methyl sites for hydroxylation is 2. The number of esters is 1. The van der Waals surface area contributed by atoms with Gasteiger partial charge in [-0.1, -0.05) is 43.5 Å². The van der Waals surface area contributed by atoms with Crippen molar-refractivity contribution < 1.29 is 28.9 Å². The lowest BCUT2D eigenvalue weighted by Gasteiger charge is -2.31. The van der Waals surface area contributed by atoms with E-state index in [1.54, 1.807) is 6.92 Å². The summed E-state index contributed by atoms with van der Waals surface area (Å²) in [5.41, 5.74) is 3.15. The van der Waals surface area contributed by atoms with Gasteiger partial charge in [0, 0.05) is 18.4 Å². The number of nitrogens with zero attached hydrogens (tertiary/aromatic N) is 1. The van der Waals surface area contributed by atoms with Crippen LogP contribution in [0.4, 0.5) is 0 Å². The smallest absolute Gasteiger partial charge is 0.309 e. The van der Waals surface area contributed by atoms with Crippen LogP contribution in [-0.4, -0.2) is 30.1 Å². The number of carbonyl (C=O) groups is 2. The number of aromatic hydroxyl groups is 1. The summed E-state index contributed by atoms with van der Waals surface area (Å²) in [6.07, 6.45) is 5.04. The zero-order chi connectivity index (χ0) is 25.0. The number of carbonyl (C=O) groups excluding carboxylic acids is 2. The number of aromatic nitrogens is 1. The van der Waals surface area contributed by atoms with Gasteiger partial charge in [0.2, 0.25) is 11.5 Å². The van der Waals surface area contributed by atoms with Gasteiger partial charge in [0.25, 0.3) is 0 Å². The Kier molecular flexibility index (Phi) is 8.18. The standard InChI is InChI=1S/C27H35NO6/c1-16-10-11-21(17(2)14-16)24(20-8-6-7-9-20)19(4)34-27(31)18(3)15-22(29)25-26(30)23(33-5)12-13-28(25)32/h10-14,18-20,24,30H,6-9,15H2,1-5H3/t18-,19+,24-/m1/s1. The maximum absolute atomic E-state index is 13.0. The summed E-state index contributed by atoms with van der Waals surface area (Å²) in [5.74, 6) is -1.90. The molecule has 0 saturated heterocycles. The minimum absolute atomic E-state index is 0.0205. The topological polar surface area (TPSA) is 99.8 Å². The lowest BCUT2D eigenvalue weighted by Crippen LogP contribution is -2.36. The molecule has 1 aliphatic carbocycles. The summed E-state index contributed by atoms with van der Waals surface area (Å²) in [6.45, 7) is 7.68. The van der Waals surface area contributed by atoms with Gasteiger partial charge in [0.1, 0.15) is 6.10 Å². The molecule has 1 heterocycles. The van der Waals surface area contributed by atoms with E-state index < -0.39 is 29.1 Å². The second kappa shape index (κ2) is 10.9.